The van der Waals surface area contributed by atoms with Gasteiger partial charge in [-0.15, -0.1) is 0 Å². The molecule has 0 N–H and O–H groups in total. The van der Waals surface area contributed by atoms with E-state index in [9.17, 15) is 0 Å². The highest BCUT2D eigenvalue weighted by Gasteiger charge is 2.34. The van der Waals surface area contributed by atoms with Crippen molar-refractivity contribution in [3.05, 3.63) is 103 Å². The molecule has 0 aliphatic rings. The minimum atomic E-state index is -2.14. The number of rotatable bonds is 3. The lowest BCUT2D eigenvalue weighted by atomic mass is 10.3. The monoisotopic (exact) mass is 420 g/mol. The second-order valence-electron chi connectivity index (χ2n) is 7.86. The molecule has 144 valence electrons. The van der Waals surface area contributed by atoms with Crippen LogP contribution >= 0.6 is 11.3 Å². The zero-order valence-electron chi connectivity index (χ0n) is 16.6. The predicted octanol–water partition coefficient (Wildman–Crippen LogP) is 4.80. The van der Waals surface area contributed by atoms with Crippen LogP contribution < -0.4 is 15.6 Å². The van der Waals surface area contributed by atoms with Gasteiger partial charge in [-0.05, 0) is 39.8 Å². The van der Waals surface area contributed by atoms with Gasteiger partial charge in [0, 0.05) is 0 Å². The van der Waals surface area contributed by atoms with E-state index in [-0.39, 0.29) is 0 Å². The van der Waals surface area contributed by atoms with Crippen molar-refractivity contribution >= 4 is 61.2 Å². The van der Waals surface area contributed by atoms with Gasteiger partial charge < -0.3 is 0 Å². The van der Waals surface area contributed by atoms with Crippen molar-refractivity contribution < 1.29 is 0 Å². The molecule has 0 amide bonds. The van der Waals surface area contributed by atoms with Crippen LogP contribution in [0.4, 0.5) is 0 Å². The highest BCUT2D eigenvalue weighted by molar-refractivity contribution is 7.23. The molecule has 2 nitrogen and oxygen atoms in total. The van der Waals surface area contributed by atoms with E-state index in [1.54, 1.807) is 11.3 Å². The highest BCUT2D eigenvalue weighted by atomic mass is 32.1. The SMILES string of the molecule is C[Si](c1ccccc1)(c1ccccc1)c1ccc2nc3sc4ccccc4n3c2c1. The van der Waals surface area contributed by atoms with Gasteiger partial charge in [0.05, 0.1) is 21.3 Å². The van der Waals surface area contributed by atoms with E-state index in [1.807, 2.05) is 0 Å². The van der Waals surface area contributed by atoms with Crippen LogP contribution in [0.15, 0.2) is 103 Å². The number of fused-ring (bicyclic) bond motifs is 5. The average molecular weight is 421 g/mol. The third-order valence-corrected chi connectivity index (χ3v) is 11.7. The second-order valence-corrected chi connectivity index (χ2v) is 12.9. The number of para-hydroxylation sites is 1. The van der Waals surface area contributed by atoms with Crippen molar-refractivity contribution in [3.8, 4) is 0 Å². The summed E-state index contributed by atoms with van der Waals surface area (Å²) in [5.41, 5.74) is 3.50. The third kappa shape index (κ3) is 2.51. The number of nitrogens with zero attached hydrogens (tertiary/aromatic N) is 2. The van der Waals surface area contributed by atoms with Crippen LogP contribution in [0.1, 0.15) is 0 Å². The maximum Gasteiger partial charge on any atom is 0.195 e. The van der Waals surface area contributed by atoms with Gasteiger partial charge >= 0.3 is 0 Å². The fraction of sp³-hybridized carbons (Fsp3) is 0.0385. The Bertz CT molecular complexity index is 1460. The summed E-state index contributed by atoms with van der Waals surface area (Å²) in [5.74, 6) is 0. The van der Waals surface area contributed by atoms with Gasteiger partial charge in [-0.25, -0.2) is 4.98 Å². The normalized spacial score (nSPS) is 12.2. The first-order valence-corrected chi connectivity index (χ1v) is 13.5. The molecule has 0 spiro atoms. The van der Waals surface area contributed by atoms with Crippen LogP contribution in [-0.4, -0.2) is 17.5 Å². The number of imidazole rings is 1. The summed E-state index contributed by atoms with van der Waals surface area (Å²) in [6, 6.07) is 37.5. The van der Waals surface area contributed by atoms with Crippen LogP contribution in [-0.2, 0) is 0 Å². The van der Waals surface area contributed by atoms with Crippen molar-refractivity contribution in [2.75, 3.05) is 0 Å². The van der Waals surface area contributed by atoms with Crippen LogP contribution in [0, 0.1) is 0 Å². The molecule has 0 bridgehead atoms. The summed E-state index contributed by atoms with van der Waals surface area (Å²) in [4.78, 5) is 5.98. The van der Waals surface area contributed by atoms with Gasteiger partial charge in [-0.3, -0.25) is 4.40 Å². The van der Waals surface area contributed by atoms with E-state index in [4.69, 9.17) is 4.98 Å². The molecule has 4 aromatic carbocycles. The maximum atomic E-state index is 4.92. The van der Waals surface area contributed by atoms with Crippen LogP contribution in [0.2, 0.25) is 6.55 Å². The molecule has 0 fully saturated rings. The molecule has 0 unspecified atom stereocenters. The van der Waals surface area contributed by atoms with Crippen molar-refractivity contribution in [1.29, 1.82) is 0 Å². The second kappa shape index (κ2) is 6.66. The predicted molar refractivity (Wildman–Crippen MR) is 131 cm³/mol. The fourth-order valence-electron chi connectivity index (χ4n) is 4.53. The Morgan fingerprint density at radius 3 is 2.00 bits per heavy atom. The Kier molecular flexibility index (Phi) is 3.91. The summed E-state index contributed by atoms with van der Waals surface area (Å²) >= 11 is 1.76. The van der Waals surface area contributed by atoms with Gasteiger partial charge in [0.1, 0.15) is 8.07 Å². The lowest BCUT2D eigenvalue weighted by molar-refractivity contribution is 1.35. The van der Waals surface area contributed by atoms with Crippen molar-refractivity contribution in [3.63, 3.8) is 0 Å². The maximum absolute atomic E-state index is 4.92. The van der Waals surface area contributed by atoms with Crippen molar-refractivity contribution in [2.24, 2.45) is 0 Å². The number of benzene rings is 4. The van der Waals surface area contributed by atoms with Crippen molar-refractivity contribution in [1.82, 2.24) is 9.38 Å². The number of hydrogen-bond donors (Lipinski definition) is 0. The lowest BCUT2D eigenvalue weighted by Gasteiger charge is -2.29. The molecule has 2 heterocycles. The Labute approximate surface area is 180 Å². The van der Waals surface area contributed by atoms with Gasteiger partial charge in [-0.2, -0.15) is 0 Å². The van der Waals surface area contributed by atoms with Gasteiger partial charge in [0.15, 0.2) is 4.96 Å². The highest BCUT2D eigenvalue weighted by Crippen LogP contribution is 2.29. The fourth-order valence-corrected chi connectivity index (χ4v) is 9.13. The summed E-state index contributed by atoms with van der Waals surface area (Å²) in [6.07, 6.45) is 0. The molecular formula is C26H20N2SSi. The number of hydrogen-bond acceptors (Lipinski definition) is 2. The van der Waals surface area contributed by atoms with E-state index in [0.29, 0.717) is 0 Å². The lowest BCUT2D eigenvalue weighted by Crippen LogP contribution is -2.64. The summed E-state index contributed by atoms with van der Waals surface area (Å²) in [6.45, 7) is 2.46. The topological polar surface area (TPSA) is 17.3 Å². The van der Waals surface area contributed by atoms with E-state index >= 15 is 0 Å². The molecule has 6 aromatic rings. The molecule has 6 rings (SSSR count). The zero-order chi connectivity index (χ0) is 20.1. The smallest absolute Gasteiger partial charge is 0.195 e. The standard InChI is InChI=1S/C26H20N2SSi/c1-30(19-10-4-2-5-11-19,20-12-6-3-7-13-20)21-16-17-22-24(18-21)28-23-14-8-9-15-25(23)29-26(28)27-22/h2-18H,1H3. The Morgan fingerprint density at radius 2 is 1.30 bits per heavy atom. The first kappa shape index (κ1) is 17.6. The first-order chi connectivity index (χ1) is 14.7. The zero-order valence-corrected chi connectivity index (χ0v) is 18.4. The van der Waals surface area contributed by atoms with E-state index < -0.39 is 8.07 Å². The molecular weight excluding hydrogens is 400 g/mol. The molecule has 4 heteroatoms. The Hall–Kier alpha value is -3.21. The third-order valence-electron chi connectivity index (χ3n) is 6.21. The van der Waals surface area contributed by atoms with Crippen LogP contribution in [0.5, 0.6) is 0 Å². The summed E-state index contributed by atoms with van der Waals surface area (Å²) in [7, 11) is -2.14. The van der Waals surface area contributed by atoms with Crippen molar-refractivity contribution in [2.45, 2.75) is 6.55 Å². The van der Waals surface area contributed by atoms with Crippen LogP contribution in [0.3, 0.4) is 0 Å². The van der Waals surface area contributed by atoms with Gasteiger partial charge in [-0.1, -0.05) is 96.7 Å². The van der Waals surface area contributed by atoms with Gasteiger partial charge in [0.2, 0.25) is 0 Å². The number of aromatic nitrogens is 2. The molecule has 0 atom stereocenters. The van der Waals surface area contributed by atoms with E-state index in [1.165, 1.54) is 31.3 Å². The van der Waals surface area contributed by atoms with Gasteiger partial charge in [0.25, 0.3) is 0 Å². The molecule has 0 saturated heterocycles. The summed E-state index contributed by atoms with van der Waals surface area (Å²) < 4.78 is 3.60. The van der Waals surface area contributed by atoms with E-state index in [0.717, 1.165) is 10.5 Å². The minimum absolute atomic E-state index is 1.06. The minimum Gasteiger partial charge on any atom is -0.283 e. The Balaban J connectivity index is 1.67. The quantitative estimate of drug-likeness (QED) is 0.297. The molecule has 0 saturated carbocycles. The molecule has 30 heavy (non-hydrogen) atoms. The summed E-state index contributed by atoms with van der Waals surface area (Å²) in [5, 5.41) is 4.25. The molecule has 2 aromatic heterocycles. The first-order valence-electron chi connectivity index (χ1n) is 10.2. The Morgan fingerprint density at radius 1 is 0.667 bits per heavy atom. The molecule has 0 aliphatic carbocycles. The molecule has 0 aliphatic heterocycles. The largest absolute Gasteiger partial charge is 0.283 e. The van der Waals surface area contributed by atoms with E-state index in [2.05, 4.69) is 114 Å². The van der Waals surface area contributed by atoms with Crippen LogP contribution in [0.25, 0.3) is 26.2 Å². The average Bonchev–Trinajstić information content (AvgIpc) is 3.35. The molecule has 0 radical (unpaired) electrons. The number of thiazole rings is 1.